The predicted octanol–water partition coefficient (Wildman–Crippen LogP) is 6.01. The fourth-order valence-electron chi connectivity index (χ4n) is 4.34. The SMILES string of the molecule is O=C(O)/C=C/c1cccc(-n2c(-c3ccccc3)cc3c2CCc2ccccc2-3)c1. The van der Waals surface area contributed by atoms with Crippen molar-refractivity contribution >= 4 is 12.0 Å². The van der Waals surface area contributed by atoms with Gasteiger partial charge in [0, 0.05) is 23.0 Å². The smallest absolute Gasteiger partial charge is 0.328 e. The minimum absolute atomic E-state index is 0.868. The Labute approximate surface area is 175 Å². The summed E-state index contributed by atoms with van der Waals surface area (Å²) in [4.78, 5) is 10.9. The molecule has 146 valence electrons. The van der Waals surface area contributed by atoms with Crippen molar-refractivity contribution in [2.45, 2.75) is 12.8 Å². The van der Waals surface area contributed by atoms with Crippen molar-refractivity contribution in [3.8, 4) is 28.1 Å². The van der Waals surface area contributed by atoms with E-state index in [1.54, 1.807) is 6.08 Å². The van der Waals surface area contributed by atoms with Gasteiger partial charge in [-0.3, -0.25) is 0 Å². The first-order valence-electron chi connectivity index (χ1n) is 10.1. The number of rotatable bonds is 4. The molecule has 0 saturated heterocycles. The van der Waals surface area contributed by atoms with Crippen molar-refractivity contribution in [2.75, 3.05) is 0 Å². The molecule has 3 aromatic carbocycles. The fourth-order valence-corrected chi connectivity index (χ4v) is 4.34. The lowest BCUT2D eigenvalue weighted by molar-refractivity contribution is -0.131. The van der Waals surface area contributed by atoms with Crippen LogP contribution in [-0.4, -0.2) is 15.6 Å². The second-order valence-electron chi connectivity index (χ2n) is 7.52. The zero-order valence-corrected chi connectivity index (χ0v) is 16.5. The number of nitrogens with zero attached hydrogens (tertiary/aromatic N) is 1. The van der Waals surface area contributed by atoms with Gasteiger partial charge in [-0.1, -0.05) is 66.7 Å². The monoisotopic (exact) mass is 391 g/mol. The Morgan fingerprint density at radius 1 is 0.833 bits per heavy atom. The maximum Gasteiger partial charge on any atom is 0.328 e. The summed E-state index contributed by atoms with van der Waals surface area (Å²) >= 11 is 0. The molecule has 4 aromatic rings. The summed E-state index contributed by atoms with van der Waals surface area (Å²) in [6.07, 6.45) is 4.80. The molecule has 3 nitrogen and oxygen atoms in total. The van der Waals surface area contributed by atoms with Crippen LogP contribution in [0.2, 0.25) is 0 Å². The zero-order chi connectivity index (χ0) is 20.5. The van der Waals surface area contributed by atoms with Crippen molar-refractivity contribution in [3.05, 3.63) is 108 Å². The van der Waals surface area contributed by atoms with Gasteiger partial charge in [-0.25, -0.2) is 4.79 Å². The highest BCUT2D eigenvalue weighted by Crippen LogP contribution is 2.40. The summed E-state index contributed by atoms with van der Waals surface area (Å²) in [6, 6.07) is 29.4. The Morgan fingerprint density at radius 3 is 2.47 bits per heavy atom. The highest BCUT2D eigenvalue weighted by Gasteiger charge is 2.23. The highest BCUT2D eigenvalue weighted by atomic mass is 16.4. The molecule has 1 heterocycles. The number of hydrogen-bond donors (Lipinski definition) is 1. The third-order valence-electron chi connectivity index (χ3n) is 5.66. The van der Waals surface area contributed by atoms with E-state index in [4.69, 9.17) is 5.11 Å². The normalized spacial score (nSPS) is 12.5. The van der Waals surface area contributed by atoms with Gasteiger partial charge in [0.15, 0.2) is 0 Å². The number of aryl methyl sites for hydroxylation is 1. The van der Waals surface area contributed by atoms with Crippen LogP contribution in [0, 0.1) is 0 Å². The Hall–Kier alpha value is -3.85. The molecule has 0 bridgehead atoms. The maximum absolute atomic E-state index is 10.9. The second-order valence-corrected chi connectivity index (χ2v) is 7.52. The van der Waals surface area contributed by atoms with Gasteiger partial charge in [-0.2, -0.15) is 0 Å². The number of carboxylic acid groups (broad SMARTS) is 1. The average molecular weight is 391 g/mol. The highest BCUT2D eigenvalue weighted by molar-refractivity contribution is 5.85. The number of aromatic nitrogens is 1. The lowest BCUT2D eigenvalue weighted by Crippen LogP contribution is -2.08. The molecular weight excluding hydrogens is 370 g/mol. The lowest BCUT2D eigenvalue weighted by Gasteiger charge is -2.20. The molecule has 3 heteroatoms. The van der Waals surface area contributed by atoms with Gasteiger partial charge in [-0.15, -0.1) is 0 Å². The number of benzene rings is 3. The Morgan fingerprint density at radius 2 is 1.63 bits per heavy atom. The van der Waals surface area contributed by atoms with Crippen LogP contribution >= 0.6 is 0 Å². The fraction of sp³-hybridized carbons (Fsp3) is 0.0741. The number of hydrogen-bond acceptors (Lipinski definition) is 1. The molecule has 0 amide bonds. The second kappa shape index (κ2) is 7.53. The van der Waals surface area contributed by atoms with E-state index >= 15 is 0 Å². The molecule has 30 heavy (non-hydrogen) atoms. The minimum atomic E-state index is -0.944. The quantitative estimate of drug-likeness (QED) is 0.433. The first-order chi connectivity index (χ1) is 14.7. The number of carbonyl (C=O) groups is 1. The van der Waals surface area contributed by atoms with Crippen molar-refractivity contribution in [1.82, 2.24) is 4.57 Å². The third kappa shape index (κ3) is 3.25. The molecule has 0 saturated carbocycles. The molecule has 0 spiro atoms. The van der Waals surface area contributed by atoms with E-state index in [1.807, 2.05) is 24.3 Å². The summed E-state index contributed by atoms with van der Waals surface area (Å²) in [6.45, 7) is 0. The van der Waals surface area contributed by atoms with E-state index in [0.29, 0.717) is 0 Å². The topological polar surface area (TPSA) is 42.2 Å². The zero-order valence-electron chi connectivity index (χ0n) is 16.5. The van der Waals surface area contributed by atoms with Crippen molar-refractivity contribution in [2.24, 2.45) is 0 Å². The molecule has 5 rings (SSSR count). The van der Waals surface area contributed by atoms with Gasteiger partial charge in [-0.05, 0) is 59.4 Å². The van der Waals surface area contributed by atoms with Gasteiger partial charge in [0.1, 0.15) is 0 Å². The van der Waals surface area contributed by atoms with Gasteiger partial charge in [0.25, 0.3) is 0 Å². The van der Waals surface area contributed by atoms with Crippen LogP contribution in [0.25, 0.3) is 34.1 Å². The molecular formula is C27H21NO2. The summed E-state index contributed by atoms with van der Waals surface area (Å²) in [5.74, 6) is -0.944. The lowest BCUT2D eigenvalue weighted by atomic mass is 9.90. The Kier molecular flexibility index (Phi) is 4.56. The standard InChI is InChI=1S/C27H21NO2/c29-27(30)16-13-19-7-6-11-22(17-19)28-25-15-14-20-8-4-5-12-23(20)24(25)18-26(28)21-9-2-1-3-10-21/h1-13,16-18H,14-15H2,(H,29,30)/b16-13+. The summed E-state index contributed by atoms with van der Waals surface area (Å²) in [7, 11) is 0. The first-order valence-corrected chi connectivity index (χ1v) is 10.1. The average Bonchev–Trinajstić information content (AvgIpc) is 3.19. The molecule has 1 aliphatic rings. The van der Waals surface area contributed by atoms with Crippen LogP contribution in [0.5, 0.6) is 0 Å². The van der Waals surface area contributed by atoms with Crippen LogP contribution < -0.4 is 0 Å². The van der Waals surface area contributed by atoms with E-state index in [0.717, 1.165) is 35.3 Å². The van der Waals surface area contributed by atoms with Crippen LogP contribution in [-0.2, 0) is 17.6 Å². The number of fused-ring (bicyclic) bond motifs is 3. The van der Waals surface area contributed by atoms with Crippen LogP contribution in [0.1, 0.15) is 16.8 Å². The van der Waals surface area contributed by atoms with Gasteiger partial charge >= 0.3 is 5.97 Å². The van der Waals surface area contributed by atoms with Crippen LogP contribution in [0.4, 0.5) is 0 Å². The van der Waals surface area contributed by atoms with E-state index in [-0.39, 0.29) is 0 Å². The number of carboxylic acids is 1. The first kappa shape index (κ1) is 18.2. The Bertz CT molecular complexity index is 1270. The van der Waals surface area contributed by atoms with Crippen molar-refractivity contribution in [3.63, 3.8) is 0 Å². The van der Waals surface area contributed by atoms with E-state index in [1.165, 1.54) is 28.5 Å². The summed E-state index contributed by atoms with van der Waals surface area (Å²) in [5.41, 5.74) is 9.49. The molecule has 1 N–H and O–H groups in total. The molecule has 1 aromatic heterocycles. The molecule has 1 aliphatic carbocycles. The summed E-state index contributed by atoms with van der Waals surface area (Å²) < 4.78 is 2.33. The van der Waals surface area contributed by atoms with E-state index in [2.05, 4.69) is 65.2 Å². The van der Waals surface area contributed by atoms with Crippen LogP contribution in [0.15, 0.2) is 91.0 Å². The molecule has 0 aliphatic heterocycles. The van der Waals surface area contributed by atoms with E-state index in [9.17, 15) is 4.79 Å². The van der Waals surface area contributed by atoms with E-state index < -0.39 is 5.97 Å². The van der Waals surface area contributed by atoms with Crippen molar-refractivity contribution in [1.29, 1.82) is 0 Å². The third-order valence-corrected chi connectivity index (χ3v) is 5.66. The largest absolute Gasteiger partial charge is 0.478 e. The predicted molar refractivity (Wildman–Crippen MR) is 121 cm³/mol. The summed E-state index contributed by atoms with van der Waals surface area (Å²) in [5, 5.41) is 8.98. The van der Waals surface area contributed by atoms with Gasteiger partial charge in [0.2, 0.25) is 0 Å². The number of aliphatic carboxylic acids is 1. The van der Waals surface area contributed by atoms with Crippen molar-refractivity contribution < 1.29 is 9.90 Å². The van der Waals surface area contributed by atoms with Gasteiger partial charge in [0.05, 0.1) is 5.69 Å². The maximum atomic E-state index is 10.9. The van der Waals surface area contributed by atoms with Gasteiger partial charge < -0.3 is 9.67 Å². The molecule has 0 unspecified atom stereocenters. The molecule has 0 radical (unpaired) electrons. The molecule has 0 atom stereocenters. The van der Waals surface area contributed by atoms with Crippen LogP contribution in [0.3, 0.4) is 0 Å². The Balaban J connectivity index is 1.74. The minimum Gasteiger partial charge on any atom is -0.478 e. The molecule has 0 fully saturated rings.